The highest BCUT2D eigenvalue weighted by Crippen LogP contribution is 2.46. The number of rotatable bonds is 5. The van der Waals surface area contributed by atoms with Crippen molar-refractivity contribution in [3.05, 3.63) is 28.8 Å². The van der Waals surface area contributed by atoms with E-state index in [4.69, 9.17) is 18.6 Å². The van der Waals surface area contributed by atoms with Crippen molar-refractivity contribution >= 4 is 5.91 Å². The van der Waals surface area contributed by atoms with Crippen LogP contribution in [-0.4, -0.2) is 60.4 Å². The lowest BCUT2D eigenvalue weighted by atomic mass is 9.93. The number of aryl methyl sites for hydroxylation is 2. The van der Waals surface area contributed by atoms with Crippen LogP contribution in [0.25, 0.3) is 11.3 Å². The van der Waals surface area contributed by atoms with Crippen LogP contribution < -0.4 is 5.32 Å². The number of hydrogen-bond acceptors (Lipinski definition) is 6. The van der Waals surface area contributed by atoms with Crippen molar-refractivity contribution in [2.24, 2.45) is 0 Å². The average Bonchev–Trinajstić information content (AvgIpc) is 3.47. The van der Waals surface area contributed by atoms with Gasteiger partial charge in [-0.05, 0) is 31.7 Å². The Bertz CT molecular complexity index is 1030. The Balaban J connectivity index is 1.42. The van der Waals surface area contributed by atoms with Gasteiger partial charge in [0.1, 0.15) is 17.4 Å². The Kier molecular flexibility index (Phi) is 5.96. The number of halogens is 3. The Hall–Kier alpha value is -2.37. The van der Waals surface area contributed by atoms with E-state index >= 15 is 0 Å². The summed E-state index contributed by atoms with van der Waals surface area (Å²) in [6.45, 7) is 3.83. The Labute approximate surface area is 188 Å². The summed E-state index contributed by atoms with van der Waals surface area (Å²) in [5, 5.41) is 6.97. The fourth-order valence-electron chi connectivity index (χ4n) is 4.71. The molecule has 2 aliphatic heterocycles. The molecule has 2 fully saturated rings. The third-order valence-electron chi connectivity index (χ3n) is 6.25. The highest BCUT2D eigenvalue weighted by atomic mass is 19.4. The maximum Gasteiger partial charge on any atom is 0.420 e. The largest absolute Gasteiger partial charge is 0.455 e. The minimum Gasteiger partial charge on any atom is -0.455 e. The molecule has 2 saturated heterocycles. The van der Waals surface area contributed by atoms with Gasteiger partial charge in [0.2, 0.25) is 5.76 Å². The topological polar surface area (TPSA) is 87.8 Å². The second kappa shape index (κ2) is 8.77. The smallest absolute Gasteiger partial charge is 0.420 e. The predicted molar refractivity (Wildman–Crippen MR) is 109 cm³/mol. The molecule has 1 amide bonds. The number of furan rings is 1. The molecule has 2 unspecified atom stereocenters. The average molecular weight is 469 g/mol. The summed E-state index contributed by atoms with van der Waals surface area (Å²) in [5.74, 6) is -1.48. The summed E-state index contributed by atoms with van der Waals surface area (Å²) in [4.78, 5) is 12.7. The van der Waals surface area contributed by atoms with Crippen LogP contribution >= 0.6 is 0 Å². The van der Waals surface area contributed by atoms with Crippen LogP contribution in [0.15, 0.2) is 10.6 Å². The van der Waals surface area contributed by atoms with Crippen molar-refractivity contribution in [3.63, 3.8) is 0 Å². The summed E-state index contributed by atoms with van der Waals surface area (Å²) in [6.07, 6.45) is -1.05. The molecular weight excluding hydrogens is 443 g/mol. The van der Waals surface area contributed by atoms with Crippen LogP contribution in [0, 0.1) is 0 Å². The van der Waals surface area contributed by atoms with Crippen LogP contribution in [0.4, 0.5) is 13.2 Å². The van der Waals surface area contributed by atoms with Gasteiger partial charge >= 0.3 is 6.18 Å². The van der Waals surface area contributed by atoms with Gasteiger partial charge in [-0.1, -0.05) is 0 Å². The second-order valence-corrected chi connectivity index (χ2v) is 8.75. The molecule has 3 aliphatic rings. The number of hydrogen-bond donors (Lipinski definition) is 1. The van der Waals surface area contributed by atoms with E-state index in [0.29, 0.717) is 38.3 Å². The first kappa shape index (κ1) is 22.4. The van der Waals surface area contributed by atoms with Gasteiger partial charge in [0.05, 0.1) is 49.8 Å². The molecule has 5 rings (SSSR count). The lowest BCUT2D eigenvalue weighted by molar-refractivity contribution is -0.137. The summed E-state index contributed by atoms with van der Waals surface area (Å²) in [6, 6.07) is 0. The van der Waals surface area contributed by atoms with Gasteiger partial charge < -0.3 is 23.9 Å². The van der Waals surface area contributed by atoms with Crippen molar-refractivity contribution in [3.8, 4) is 11.3 Å². The van der Waals surface area contributed by atoms with Crippen LogP contribution in [-0.2, 0) is 39.8 Å². The predicted octanol–water partition coefficient (Wildman–Crippen LogP) is 2.97. The number of ether oxygens (including phenoxy) is 3. The molecule has 3 atom stereocenters. The van der Waals surface area contributed by atoms with Gasteiger partial charge in [0.25, 0.3) is 5.91 Å². The summed E-state index contributed by atoms with van der Waals surface area (Å²) >= 11 is 0. The number of aromatic nitrogens is 2. The van der Waals surface area contributed by atoms with E-state index in [9.17, 15) is 18.0 Å². The van der Waals surface area contributed by atoms with E-state index in [2.05, 4.69) is 10.4 Å². The van der Waals surface area contributed by atoms with E-state index in [1.54, 1.807) is 10.9 Å². The molecular formula is C22H26F3N3O5. The second-order valence-electron chi connectivity index (χ2n) is 8.75. The molecule has 4 heterocycles. The van der Waals surface area contributed by atoms with Crippen LogP contribution in [0.1, 0.15) is 47.2 Å². The van der Waals surface area contributed by atoms with Gasteiger partial charge in [0.15, 0.2) is 0 Å². The monoisotopic (exact) mass is 469 g/mol. The van der Waals surface area contributed by atoms with Crippen LogP contribution in [0.2, 0.25) is 0 Å². The quantitative estimate of drug-likeness (QED) is 0.725. The van der Waals surface area contributed by atoms with E-state index in [1.165, 1.54) is 0 Å². The maximum absolute atomic E-state index is 14.2. The molecule has 0 saturated carbocycles. The number of fused-ring (bicyclic) bond motifs is 3. The van der Waals surface area contributed by atoms with Gasteiger partial charge in [-0.3, -0.25) is 9.48 Å². The Morgan fingerprint density at radius 1 is 1.24 bits per heavy atom. The highest BCUT2D eigenvalue weighted by Gasteiger charge is 2.45. The molecule has 0 aromatic carbocycles. The zero-order chi connectivity index (χ0) is 23.2. The Morgan fingerprint density at radius 3 is 2.79 bits per heavy atom. The minimum atomic E-state index is -4.78. The maximum atomic E-state index is 14.2. The first-order valence-electron chi connectivity index (χ1n) is 11.2. The minimum absolute atomic E-state index is 0.0765. The molecule has 0 spiro atoms. The number of nitrogens with one attached hydrogen (secondary N) is 1. The molecule has 2 aromatic rings. The van der Waals surface area contributed by atoms with Crippen LogP contribution in [0.5, 0.6) is 0 Å². The molecule has 8 nitrogen and oxygen atoms in total. The standard InChI is InChI=1S/C22H26F3N3O5/c1-12-2-4-14(32-12)8-26-21(29)20-18(22(23,24)25)17-16(33-20)5-3-13-9-28(27-19(13)17)10-15-11-30-6-7-31-15/h9,12,14-15H,2-8,10-11H2,1H3,(H,26,29)/t12?,14?,15-/m0/s1. The molecule has 1 N–H and O–H groups in total. The Morgan fingerprint density at radius 2 is 2.09 bits per heavy atom. The first-order valence-corrected chi connectivity index (χ1v) is 11.2. The third-order valence-corrected chi connectivity index (χ3v) is 6.25. The number of carbonyl (C=O) groups excluding carboxylic acids is 1. The zero-order valence-corrected chi connectivity index (χ0v) is 18.2. The van der Waals surface area contributed by atoms with Gasteiger partial charge in [-0.15, -0.1) is 0 Å². The van der Waals surface area contributed by atoms with Crippen molar-refractivity contribution in [1.82, 2.24) is 15.1 Å². The molecule has 0 bridgehead atoms. The van der Waals surface area contributed by atoms with E-state index in [0.717, 1.165) is 12.8 Å². The van der Waals surface area contributed by atoms with Gasteiger partial charge in [-0.2, -0.15) is 18.3 Å². The third kappa shape index (κ3) is 4.53. The van der Waals surface area contributed by atoms with Crippen molar-refractivity contribution in [1.29, 1.82) is 0 Å². The first-order chi connectivity index (χ1) is 15.8. The number of alkyl halides is 3. The molecule has 180 valence electrons. The van der Waals surface area contributed by atoms with Crippen molar-refractivity contribution in [2.75, 3.05) is 26.4 Å². The summed E-state index contributed by atoms with van der Waals surface area (Å²) < 4.78 is 66.2. The van der Waals surface area contributed by atoms with Crippen LogP contribution in [0.3, 0.4) is 0 Å². The highest BCUT2D eigenvalue weighted by molar-refractivity contribution is 5.96. The zero-order valence-electron chi connectivity index (χ0n) is 18.2. The lowest BCUT2D eigenvalue weighted by Crippen LogP contribution is -2.33. The number of carbonyl (C=O) groups is 1. The number of amides is 1. The summed E-state index contributed by atoms with van der Waals surface area (Å²) in [7, 11) is 0. The molecule has 33 heavy (non-hydrogen) atoms. The fourth-order valence-corrected chi connectivity index (χ4v) is 4.71. The van der Waals surface area contributed by atoms with Crippen molar-refractivity contribution < 1.29 is 36.6 Å². The molecule has 11 heteroatoms. The SMILES string of the molecule is CC1CCC(CNC(=O)c2oc3c(c2C(F)(F)F)-c2nn(C[C@H]4COCCO4)cc2CC3)O1. The van der Waals surface area contributed by atoms with E-state index < -0.39 is 23.4 Å². The molecule has 2 aromatic heterocycles. The molecule has 0 radical (unpaired) electrons. The normalized spacial score (nSPS) is 25.0. The van der Waals surface area contributed by atoms with E-state index in [1.807, 2.05) is 6.92 Å². The van der Waals surface area contributed by atoms with Gasteiger partial charge in [-0.25, -0.2) is 0 Å². The lowest BCUT2D eigenvalue weighted by Gasteiger charge is -2.22. The van der Waals surface area contributed by atoms with E-state index in [-0.39, 0.29) is 48.3 Å². The summed E-state index contributed by atoms with van der Waals surface area (Å²) in [5.41, 5.74) is -0.319. The van der Waals surface area contributed by atoms with Gasteiger partial charge in [0, 0.05) is 19.2 Å². The fraction of sp³-hybridized carbons (Fsp3) is 0.636. The van der Waals surface area contributed by atoms with Crippen molar-refractivity contribution in [2.45, 2.75) is 63.6 Å². The number of nitrogens with zero attached hydrogens (tertiary/aromatic N) is 2. The molecule has 1 aliphatic carbocycles.